The van der Waals surface area contributed by atoms with Crippen LogP contribution in [0.4, 0.5) is 5.69 Å². The predicted molar refractivity (Wildman–Crippen MR) is 127 cm³/mol. The molecule has 1 aliphatic rings. The molecule has 0 aromatic heterocycles. The Morgan fingerprint density at radius 2 is 1.70 bits per heavy atom. The lowest BCUT2D eigenvalue weighted by Gasteiger charge is -2.27. The Kier molecular flexibility index (Phi) is 6.11. The van der Waals surface area contributed by atoms with E-state index in [4.69, 9.17) is 21.1 Å². The lowest BCUT2D eigenvalue weighted by Crippen LogP contribution is -2.29. The van der Waals surface area contributed by atoms with Crippen molar-refractivity contribution in [3.8, 4) is 11.5 Å². The number of methoxy groups -OCH3 is 2. The van der Waals surface area contributed by atoms with Gasteiger partial charge < -0.3 is 14.6 Å². The van der Waals surface area contributed by atoms with Crippen LogP contribution in [0.25, 0.3) is 5.76 Å². The summed E-state index contributed by atoms with van der Waals surface area (Å²) in [5.41, 5.74) is 2.18. The molecule has 4 rings (SSSR count). The van der Waals surface area contributed by atoms with Crippen molar-refractivity contribution in [2.45, 2.75) is 13.0 Å². The maximum atomic E-state index is 13.3. The fraction of sp³-hybridized carbons (Fsp3) is 0.154. The Labute approximate surface area is 196 Å². The van der Waals surface area contributed by atoms with Gasteiger partial charge in [-0.3, -0.25) is 14.5 Å². The Morgan fingerprint density at radius 1 is 0.970 bits per heavy atom. The smallest absolute Gasteiger partial charge is 0.300 e. The summed E-state index contributed by atoms with van der Waals surface area (Å²) in [7, 11) is 3.02. The molecule has 33 heavy (non-hydrogen) atoms. The Hall–Kier alpha value is -3.77. The molecule has 1 heterocycles. The van der Waals surface area contributed by atoms with E-state index in [1.54, 1.807) is 66.7 Å². The van der Waals surface area contributed by atoms with E-state index in [0.29, 0.717) is 33.3 Å². The van der Waals surface area contributed by atoms with Crippen molar-refractivity contribution in [3.63, 3.8) is 0 Å². The number of carbonyl (C=O) groups is 2. The number of anilines is 1. The minimum absolute atomic E-state index is 0.0358. The molecule has 0 aliphatic carbocycles. The van der Waals surface area contributed by atoms with E-state index in [2.05, 4.69) is 0 Å². The zero-order valence-electron chi connectivity index (χ0n) is 18.3. The quantitative estimate of drug-likeness (QED) is 0.316. The normalized spacial score (nSPS) is 17.3. The van der Waals surface area contributed by atoms with Crippen molar-refractivity contribution < 1.29 is 24.2 Å². The van der Waals surface area contributed by atoms with Gasteiger partial charge in [-0.25, -0.2) is 0 Å². The van der Waals surface area contributed by atoms with Crippen LogP contribution in [0.15, 0.2) is 72.3 Å². The molecule has 0 bridgehead atoms. The fourth-order valence-electron chi connectivity index (χ4n) is 3.92. The van der Waals surface area contributed by atoms with Crippen molar-refractivity contribution in [1.82, 2.24) is 0 Å². The number of benzene rings is 3. The number of carbonyl (C=O) groups excluding carboxylic acids is 2. The lowest BCUT2D eigenvalue weighted by molar-refractivity contribution is -0.132. The van der Waals surface area contributed by atoms with Gasteiger partial charge in [0.25, 0.3) is 11.7 Å². The van der Waals surface area contributed by atoms with Gasteiger partial charge >= 0.3 is 0 Å². The molecule has 3 aromatic carbocycles. The van der Waals surface area contributed by atoms with Crippen LogP contribution in [0.5, 0.6) is 11.5 Å². The molecular formula is C26H22ClNO5. The molecule has 168 valence electrons. The third-order valence-corrected chi connectivity index (χ3v) is 6.07. The first-order valence-electron chi connectivity index (χ1n) is 10.2. The summed E-state index contributed by atoms with van der Waals surface area (Å²) in [5.74, 6) is -0.874. The molecular weight excluding hydrogens is 442 g/mol. The van der Waals surface area contributed by atoms with Crippen LogP contribution in [0.3, 0.4) is 0 Å². The number of aryl methyl sites for hydroxylation is 1. The third-order valence-electron chi connectivity index (χ3n) is 5.66. The van der Waals surface area contributed by atoms with Gasteiger partial charge in [-0.15, -0.1) is 0 Å². The number of ether oxygens (including phenoxy) is 2. The SMILES string of the molecule is COc1ccc([C@H]2C(=C(O)c3ccccc3)C(=O)C(=O)N2c2ccc(C)c(Cl)c2)c(OC)c1. The molecule has 0 spiro atoms. The molecule has 6 nitrogen and oxygen atoms in total. The molecule has 0 unspecified atom stereocenters. The van der Waals surface area contributed by atoms with Gasteiger partial charge in [0.15, 0.2) is 0 Å². The first-order chi connectivity index (χ1) is 15.9. The van der Waals surface area contributed by atoms with E-state index in [9.17, 15) is 14.7 Å². The molecule has 1 atom stereocenters. The van der Waals surface area contributed by atoms with E-state index in [0.717, 1.165) is 5.56 Å². The number of Topliss-reactive ketones (excluding diaryl/α,β-unsaturated/α-hetero) is 1. The maximum Gasteiger partial charge on any atom is 0.300 e. The molecule has 1 amide bonds. The number of hydrogen-bond acceptors (Lipinski definition) is 5. The van der Waals surface area contributed by atoms with Gasteiger partial charge in [0.05, 0.1) is 25.8 Å². The highest BCUT2D eigenvalue weighted by molar-refractivity contribution is 6.52. The van der Waals surface area contributed by atoms with Crippen LogP contribution in [-0.2, 0) is 9.59 Å². The molecule has 1 saturated heterocycles. The van der Waals surface area contributed by atoms with Crippen molar-refractivity contribution in [1.29, 1.82) is 0 Å². The van der Waals surface area contributed by atoms with Crippen LogP contribution >= 0.6 is 11.6 Å². The van der Waals surface area contributed by atoms with Gasteiger partial charge in [-0.1, -0.05) is 48.0 Å². The number of hydrogen-bond donors (Lipinski definition) is 1. The zero-order chi connectivity index (χ0) is 23.7. The fourth-order valence-corrected chi connectivity index (χ4v) is 4.10. The van der Waals surface area contributed by atoms with E-state index < -0.39 is 17.7 Å². The highest BCUT2D eigenvalue weighted by Crippen LogP contribution is 2.46. The van der Waals surface area contributed by atoms with Crippen LogP contribution in [-0.4, -0.2) is 31.0 Å². The molecule has 7 heteroatoms. The molecule has 0 radical (unpaired) electrons. The first-order valence-corrected chi connectivity index (χ1v) is 10.6. The number of ketones is 1. The Balaban J connectivity index is 2.00. The summed E-state index contributed by atoms with van der Waals surface area (Å²) in [5, 5.41) is 11.6. The maximum absolute atomic E-state index is 13.3. The van der Waals surface area contributed by atoms with Gasteiger partial charge in [0.1, 0.15) is 17.3 Å². The standard InChI is InChI=1S/C26H22ClNO5/c1-15-9-10-17(13-20(15)27)28-23(19-12-11-18(32-2)14-21(19)33-3)22(25(30)26(28)31)24(29)16-7-5-4-6-8-16/h4-14,23,29H,1-3H3/t23-/m0/s1. The molecule has 1 fully saturated rings. The van der Waals surface area contributed by atoms with E-state index in [1.165, 1.54) is 19.1 Å². The van der Waals surface area contributed by atoms with Crippen LogP contribution in [0, 0.1) is 6.92 Å². The highest BCUT2D eigenvalue weighted by Gasteiger charge is 2.48. The summed E-state index contributed by atoms with van der Waals surface area (Å²) in [6, 6.07) is 17.9. The average Bonchev–Trinajstić information content (AvgIpc) is 3.10. The highest BCUT2D eigenvalue weighted by atomic mass is 35.5. The number of aliphatic hydroxyl groups excluding tert-OH is 1. The van der Waals surface area contributed by atoms with Gasteiger partial charge in [0, 0.05) is 27.9 Å². The second-order valence-electron chi connectivity index (χ2n) is 7.58. The average molecular weight is 464 g/mol. The van der Waals surface area contributed by atoms with Crippen LogP contribution in [0.2, 0.25) is 5.02 Å². The number of nitrogens with zero attached hydrogens (tertiary/aromatic N) is 1. The van der Waals surface area contributed by atoms with Gasteiger partial charge in [0.2, 0.25) is 0 Å². The second kappa shape index (κ2) is 9.00. The van der Waals surface area contributed by atoms with E-state index in [-0.39, 0.29) is 11.3 Å². The molecule has 0 saturated carbocycles. The molecule has 1 aliphatic heterocycles. The van der Waals surface area contributed by atoms with Crippen molar-refractivity contribution in [2.24, 2.45) is 0 Å². The molecule has 3 aromatic rings. The van der Waals surface area contributed by atoms with Gasteiger partial charge in [-0.05, 0) is 36.8 Å². The van der Waals surface area contributed by atoms with Crippen LogP contribution < -0.4 is 14.4 Å². The van der Waals surface area contributed by atoms with Crippen LogP contribution in [0.1, 0.15) is 22.7 Å². The summed E-state index contributed by atoms with van der Waals surface area (Å²) < 4.78 is 10.9. The largest absolute Gasteiger partial charge is 0.507 e. The van der Waals surface area contributed by atoms with Crippen molar-refractivity contribution in [3.05, 3.63) is 94.0 Å². The predicted octanol–water partition coefficient (Wildman–Crippen LogP) is 5.29. The van der Waals surface area contributed by atoms with Crippen molar-refractivity contribution >= 4 is 34.7 Å². The summed E-state index contributed by atoms with van der Waals surface area (Å²) >= 11 is 6.34. The van der Waals surface area contributed by atoms with Gasteiger partial charge in [-0.2, -0.15) is 0 Å². The number of aliphatic hydroxyl groups is 1. The monoisotopic (exact) mass is 463 g/mol. The van der Waals surface area contributed by atoms with E-state index >= 15 is 0 Å². The zero-order valence-corrected chi connectivity index (χ0v) is 19.1. The summed E-state index contributed by atoms with van der Waals surface area (Å²) in [6.07, 6.45) is 0. The Bertz CT molecular complexity index is 1270. The minimum Gasteiger partial charge on any atom is -0.507 e. The number of halogens is 1. The summed E-state index contributed by atoms with van der Waals surface area (Å²) in [4.78, 5) is 27.9. The second-order valence-corrected chi connectivity index (χ2v) is 7.98. The van der Waals surface area contributed by atoms with Crippen molar-refractivity contribution in [2.75, 3.05) is 19.1 Å². The minimum atomic E-state index is -0.940. The van der Waals surface area contributed by atoms with E-state index in [1.807, 2.05) is 6.92 Å². The Morgan fingerprint density at radius 3 is 2.33 bits per heavy atom. The lowest BCUT2D eigenvalue weighted by atomic mass is 9.94. The summed E-state index contributed by atoms with van der Waals surface area (Å²) in [6.45, 7) is 1.85. The number of amides is 1. The third kappa shape index (κ3) is 3.94. The first kappa shape index (κ1) is 22.4. The topological polar surface area (TPSA) is 76.1 Å². The number of rotatable bonds is 5. The molecule has 1 N–H and O–H groups in total.